The largest absolute Gasteiger partial charge is 0.397 e. The van der Waals surface area contributed by atoms with Gasteiger partial charge >= 0.3 is 0 Å². The minimum Gasteiger partial charge on any atom is -0.397 e. The molecular weight excluding hydrogens is 278 g/mol. The molecule has 0 saturated heterocycles. The molecule has 0 aliphatic carbocycles. The predicted molar refractivity (Wildman–Crippen MR) is 81.4 cm³/mol. The molecular formula is C13H21N3O3S. The predicted octanol–water partition coefficient (Wildman–Crippen LogP) is 0.492. The highest BCUT2D eigenvalue weighted by Crippen LogP contribution is 2.19. The summed E-state index contributed by atoms with van der Waals surface area (Å²) in [7, 11) is -1.32. The quantitative estimate of drug-likeness (QED) is 0.746. The number of nitrogens with one attached hydrogen (secondary N) is 1. The summed E-state index contributed by atoms with van der Waals surface area (Å²) >= 11 is 0. The smallest absolute Gasteiger partial charge is 0.238 e. The van der Waals surface area contributed by atoms with Gasteiger partial charge in [-0.25, -0.2) is 8.42 Å². The van der Waals surface area contributed by atoms with Gasteiger partial charge in [0.05, 0.1) is 23.7 Å². The van der Waals surface area contributed by atoms with Gasteiger partial charge in [-0.15, -0.1) is 0 Å². The van der Waals surface area contributed by atoms with Gasteiger partial charge in [0.25, 0.3) is 0 Å². The molecule has 1 aromatic carbocycles. The zero-order valence-electron chi connectivity index (χ0n) is 12.0. The number of sulfone groups is 1. The van der Waals surface area contributed by atoms with Crippen molar-refractivity contribution in [2.45, 2.75) is 6.92 Å². The Kier molecular flexibility index (Phi) is 5.52. The molecule has 6 nitrogen and oxygen atoms in total. The Hall–Kier alpha value is -1.60. The highest BCUT2D eigenvalue weighted by molar-refractivity contribution is 7.90. The lowest BCUT2D eigenvalue weighted by molar-refractivity contribution is -0.117. The molecule has 20 heavy (non-hydrogen) atoms. The van der Waals surface area contributed by atoms with Crippen molar-refractivity contribution in [1.82, 2.24) is 4.90 Å². The van der Waals surface area contributed by atoms with Crippen LogP contribution in [-0.4, -0.2) is 51.4 Å². The van der Waals surface area contributed by atoms with Crippen LogP contribution in [0, 0.1) is 6.92 Å². The first-order chi connectivity index (χ1) is 9.17. The number of hydrogen-bond acceptors (Lipinski definition) is 5. The topological polar surface area (TPSA) is 92.5 Å². The van der Waals surface area contributed by atoms with Crippen molar-refractivity contribution >= 4 is 27.1 Å². The second-order valence-electron chi connectivity index (χ2n) is 5.01. The molecule has 0 radical (unpaired) electrons. The van der Waals surface area contributed by atoms with Gasteiger partial charge in [0.15, 0.2) is 0 Å². The van der Waals surface area contributed by atoms with Crippen LogP contribution in [0.25, 0.3) is 0 Å². The average molecular weight is 299 g/mol. The molecule has 1 aromatic rings. The van der Waals surface area contributed by atoms with Crippen molar-refractivity contribution in [1.29, 1.82) is 0 Å². The molecule has 0 heterocycles. The number of nitrogen functional groups attached to an aromatic ring is 1. The Morgan fingerprint density at radius 2 is 2.05 bits per heavy atom. The van der Waals surface area contributed by atoms with Gasteiger partial charge in [0.2, 0.25) is 5.91 Å². The molecule has 0 aliphatic heterocycles. The van der Waals surface area contributed by atoms with E-state index >= 15 is 0 Å². The van der Waals surface area contributed by atoms with Crippen LogP contribution >= 0.6 is 0 Å². The molecule has 0 bridgehead atoms. The molecule has 0 fully saturated rings. The summed E-state index contributed by atoms with van der Waals surface area (Å²) in [5.41, 5.74) is 7.91. The molecule has 1 amide bonds. The molecule has 0 aliphatic rings. The van der Waals surface area contributed by atoms with Crippen molar-refractivity contribution in [2.24, 2.45) is 0 Å². The highest BCUT2D eigenvalue weighted by atomic mass is 32.2. The number of likely N-dealkylation sites (N-methyl/N-ethyl adjacent to an activating group) is 1. The molecule has 1 rings (SSSR count). The second kappa shape index (κ2) is 6.71. The summed E-state index contributed by atoms with van der Waals surface area (Å²) in [5, 5.41) is 2.71. The van der Waals surface area contributed by atoms with Crippen molar-refractivity contribution in [3.05, 3.63) is 23.8 Å². The number of rotatable bonds is 6. The Morgan fingerprint density at radius 3 is 2.60 bits per heavy atom. The van der Waals surface area contributed by atoms with Crippen LogP contribution in [-0.2, 0) is 14.6 Å². The van der Waals surface area contributed by atoms with Crippen LogP contribution in [0.5, 0.6) is 0 Å². The van der Waals surface area contributed by atoms with Crippen LogP contribution in [0.3, 0.4) is 0 Å². The number of aryl methyl sites for hydroxylation is 1. The second-order valence-corrected chi connectivity index (χ2v) is 7.27. The first-order valence-corrected chi connectivity index (χ1v) is 8.25. The van der Waals surface area contributed by atoms with Crippen LogP contribution in [0.2, 0.25) is 0 Å². The van der Waals surface area contributed by atoms with E-state index in [-0.39, 0.29) is 18.2 Å². The molecule has 0 atom stereocenters. The van der Waals surface area contributed by atoms with E-state index in [2.05, 4.69) is 5.32 Å². The monoisotopic (exact) mass is 299 g/mol. The highest BCUT2D eigenvalue weighted by Gasteiger charge is 2.10. The molecule has 3 N–H and O–H groups in total. The van der Waals surface area contributed by atoms with Gasteiger partial charge < -0.3 is 11.1 Å². The number of carbonyl (C=O) groups is 1. The zero-order chi connectivity index (χ0) is 15.3. The number of anilines is 2. The molecule has 0 unspecified atom stereocenters. The third-order valence-corrected chi connectivity index (χ3v) is 3.66. The van der Waals surface area contributed by atoms with Crippen molar-refractivity contribution in [3.63, 3.8) is 0 Å². The van der Waals surface area contributed by atoms with Crippen molar-refractivity contribution in [2.75, 3.05) is 43.2 Å². The Morgan fingerprint density at radius 1 is 1.40 bits per heavy atom. The van der Waals surface area contributed by atoms with E-state index in [9.17, 15) is 13.2 Å². The van der Waals surface area contributed by atoms with E-state index in [0.717, 1.165) is 5.56 Å². The first-order valence-electron chi connectivity index (χ1n) is 6.19. The van der Waals surface area contributed by atoms with E-state index in [0.29, 0.717) is 17.9 Å². The lowest BCUT2D eigenvalue weighted by atomic mass is 10.2. The van der Waals surface area contributed by atoms with Crippen LogP contribution in [0.4, 0.5) is 11.4 Å². The minimum absolute atomic E-state index is 0.0312. The molecule has 0 aromatic heterocycles. The maximum atomic E-state index is 11.8. The Balaban J connectivity index is 2.51. The number of hydrogen-bond donors (Lipinski definition) is 2. The van der Waals surface area contributed by atoms with Gasteiger partial charge in [-0.05, 0) is 31.7 Å². The van der Waals surface area contributed by atoms with Crippen molar-refractivity contribution < 1.29 is 13.2 Å². The number of carbonyl (C=O) groups excluding carboxylic acids is 1. The third-order valence-electron chi connectivity index (χ3n) is 2.74. The number of benzene rings is 1. The zero-order valence-corrected chi connectivity index (χ0v) is 12.8. The van der Waals surface area contributed by atoms with Gasteiger partial charge in [-0.2, -0.15) is 0 Å². The minimum atomic E-state index is -3.02. The van der Waals surface area contributed by atoms with Crippen LogP contribution < -0.4 is 11.1 Å². The first kappa shape index (κ1) is 16.5. The maximum Gasteiger partial charge on any atom is 0.238 e. The van der Waals surface area contributed by atoms with E-state index < -0.39 is 9.84 Å². The van der Waals surface area contributed by atoms with Crippen LogP contribution in [0.15, 0.2) is 18.2 Å². The number of nitrogens with zero attached hydrogens (tertiary/aromatic N) is 1. The lowest BCUT2D eigenvalue weighted by Crippen LogP contribution is -2.33. The Bertz CT molecular complexity index is 585. The molecule has 112 valence electrons. The number of nitrogens with two attached hydrogens (primary N) is 1. The normalized spacial score (nSPS) is 11.6. The van der Waals surface area contributed by atoms with Crippen LogP contribution in [0.1, 0.15) is 5.56 Å². The summed E-state index contributed by atoms with van der Waals surface area (Å²) in [4.78, 5) is 13.5. The van der Waals surface area contributed by atoms with Gasteiger partial charge in [0, 0.05) is 12.8 Å². The van der Waals surface area contributed by atoms with Gasteiger partial charge in [-0.3, -0.25) is 9.69 Å². The standard InChI is InChI=1S/C13H21N3O3S/c1-10-4-5-12(11(14)8-10)15-13(17)9-16(2)6-7-20(3,18)19/h4-5,8H,6-7,9,14H2,1-3H3,(H,15,17). The fourth-order valence-corrected chi connectivity index (χ4v) is 2.27. The fourth-order valence-electron chi connectivity index (χ4n) is 1.63. The van der Waals surface area contributed by atoms with Gasteiger partial charge in [-0.1, -0.05) is 6.07 Å². The molecule has 0 saturated carbocycles. The summed E-state index contributed by atoms with van der Waals surface area (Å²) in [6.45, 7) is 2.35. The van der Waals surface area contributed by atoms with E-state index in [1.54, 1.807) is 24.1 Å². The number of amides is 1. The molecule has 0 spiro atoms. The van der Waals surface area contributed by atoms with Gasteiger partial charge in [0.1, 0.15) is 9.84 Å². The summed E-state index contributed by atoms with van der Waals surface area (Å²) in [5.74, 6) is -0.194. The lowest BCUT2D eigenvalue weighted by Gasteiger charge is -2.16. The third kappa shape index (κ3) is 6.03. The summed E-state index contributed by atoms with van der Waals surface area (Å²) in [6.07, 6.45) is 1.17. The van der Waals surface area contributed by atoms with E-state index in [1.807, 2.05) is 13.0 Å². The SMILES string of the molecule is Cc1ccc(NC(=O)CN(C)CCS(C)(=O)=O)c(N)c1. The van der Waals surface area contributed by atoms with Crippen molar-refractivity contribution in [3.8, 4) is 0 Å². The average Bonchev–Trinajstić information content (AvgIpc) is 2.29. The van der Waals surface area contributed by atoms with E-state index in [4.69, 9.17) is 5.73 Å². The molecule has 7 heteroatoms. The summed E-state index contributed by atoms with van der Waals surface area (Å²) in [6, 6.07) is 5.39. The van der Waals surface area contributed by atoms with E-state index in [1.165, 1.54) is 6.26 Å². The maximum absolute atomic E-state index is 11.8. The summed E-state index contributed by atoms with van der Waals surface area (Å²) < 4.78 is 22.1. The fraction of sp³-hybridized carbons (Fsp3) is 0.462. The Labute approximate surface area is 119 Å².